The Labute approximate surface area is 168 Å². The zero-order valence-corrected chi connectivity index (χ0v) is 16.7. The molecule has 8 heteroatoms. The first-order valence-corrected chi connectivity index (χ1v) is 10.3. The van der Waals surface area contributed by atoms with Gasteiger partial charge in [-0.2, -0.15) is 0 Å². The molecule has 3 rings (SSSR count). The van der Waals surface area contributed by atoms with Crippen LogP contribution < -0.4 is 10.8 Å². The van der Waals surface area contributed by atoms with Crippen LogP contribution >= 0.6 is 11.8 Å². The number of rotatable bonds is 7. The molecule has 0 aromatic heterocycles. The summed E-state index contributed by atoms with van der Waals surface area (Å²) in [5, 5.41) is 12.6. The van der Waals surface area contributed by atoms with Gasteiger partial charge in [-0.3, -0.25) is 9.59 Å². The summed E-state index contributed by atoms with van der Waals surface area (Å²) >= 11 is 1.64. The topological polar surface area (TPSA) is 84.9 Å². The normalized spacial score (nSPS) is 12.6. The van der Waals surface area contributed by atoms with Crippen molar-refractivity contribution >= 4 is 36.2 Å². The molecule has 0 unspecified atom stereocenters. The van der Waals surface area contributed by atoms with Gasteiger partial charge in [0.2, 0.25) is 0 Å². The molecule has 0 atom stereocenters. The molecule has 0 fully saturated rings. The van der Waals surface area contributed by atoms with Crippen LogP contribution in [-0.4, -0.2) is 36.8 Å². The molecular formula is C20H22BNO5S. The van der Waals surface area contributed by atoms with Crippen molar-refractivity contribution in [1.29, 1.82) is 0 Å². The first kappa shape index (κ1) is 20.4. The van der Waals surface area contributed by atoms with Crippen molar-refractivity contribution in [2.45, 2.75) is 31.5 Å². The van der Waals surface area contributed by atoms with Crippen molar-refractivity contribution in [3.05, 3.63) is 58.7 Å². The molecule has 0 saturated heterocycles. The number of fused-ring (bicyclic) bond motifs is 1. The Bertz CT molecular complexity index is 872. The summed E-state index contributed by atoms with van der Waals surface area (Å²) in [6, 6.07) is 11.2. The summed E-state index contributed by atoms with van der Waals surface area (Å²) in [6.45, 7) is 2.18. The summed E-state index contributed by atoms with van der Waals surface area (Å²) < 4.78 is 10.5. The van der Waals surface area contributed by atoms with E-state index in [1.807, 2.05) is 37.4 Å². The van der Waals surface area contributed by atoms with Gasteiger partial charge in [0, 0.05) is 10.5 Å². The fourth-order valence-electron chi connectivity index (χ4n) is 3.18. The SMILES string of the molecule is CCc1c(C(=O)NCC(=O)OCc2ccc(SC)cc2)ccc2c1B(O)OC2. The fraction of sp³-hybridized carbons (Fsp3) is 0.300. The molecule has 0 aliphatic carbocycles. The Morgan fingerprint density at radius 1 is 1.25 bits per heavy atom. The second-order valence-electron chi connectivity index (χ2n) is 6.37. The van der Waals surface area contributed by atoms with Crippen molar-refractivity contribution in [2.75, 3.05) is 12.8 Å². The third kappa shape index (κ3) is 4.58. The Morgan fingerprint density at radius 3 is 2.68 bits per heavy atom. The van der Waals surface area contributed by atoms with Crippen molar-refractivity contribution in [3.63, 3.8) is 0 Å². The molecule has 1 aliphatic heterocycles. The predicted molar refractivity (Wildman–Crippen MR) is 109 cm³/mol. The largest absolute Gasteiger partial charge is 0.492 e. The summed E-state index contributed by atoms with van der Waals surface area (Å²) in [6.07, 6.45) is 2.57. The molecule has 2 aromatic carbocycles. The summed E-state index contributed by atoms with van der Waals surface area (Å²) in [7, 11) is -1.01. The third-order valence-corrected chi connectivity index (χ3v) is 5.38. The lowest BCUT2D eigenvalue weighted by molar-refractivity contribution is -0.143. The molecule has 6 nitrogen and oxygen atoms in total. The van der Waals surface area contributed by atoms with Gasteiger partial charge >= 0.3 is 13.1 Å². The number of thioether (sulfide) groups is 1. The molecule has 0 radical (unpaired) electrons. The molecule has 0 bridgehead atoms. The summed E-state index contributed by atoms with van der Waals surface area (Å²) in [4.78, 5) is 25.6. The van der Waals surface area contributed by atoms with Crippen molar-refractivity contribution < 1.29 is 24.0 Å². The van der Waals surface area contributed by atoms with Crippen LogP contribution in [0.4, 0.5) is 0 Å². The van der Waals surface area contributed by atoms with Gasteiger partial charge in [-0.05, 0) is 53.0 Å². The van der Waals surface area contributed by atoms with E-state index in [9.17, 15) is 14.6 Å². The molecule has 28 heavy (non-hydrogen) atoms. The maximum absolute atomic E-state index is 12.5. The number of hydrogen-bond donors (Lipinski definition) is 2. The van der Waals surface area contributed by atoms with Crippen LogP contribution in [-0.2, 0) is 33.8 Å². The van der Waals surface area contributed by atoms with E-state index < -0.39 is 13.1 Å². The van der Waals surface area contributed by atoms with Crippen LogP contribution in [0.15, 0.2) is 41.3 Å². The lowest BCUT2D eigenvalue weighted by Gasteiger charge is -2.13. The molecule has 0 saturated carbocycles. The van der Waals surface area contributed by atoms with Gasteiger partial charge in [0.05, 0.1) is 6.61 Å². The number of hydrogen-bond acceptors (Lipinski definition) is 6. The molecule has 2 N–H and O–H groups in total. The second kappa shape index (κ2) is 9.27. The highest BCUT2D eigenvalue weighted by Gasteiger charge is 2.32. The Balaban J connectivity index is 1.56. The molecule has 1 heterocycles. The van der Waals surface area contributed by atoms with Crippen LogP contribution in [0.25, 0.3) is 0 Å². The molecule has 2 aromatic rings. The maximum Gasteiger partial charge on any atom is 0.492 e. The highest BCUT2D eigenvalue weighted by Crippen LogP contribution is 2.18. The van der Waals surface area contributed by atoms with Gasteiger partial charge in [0.15, 0.2) is 0 Å². The monoisotopic (exact) mass is 399 g/mol. The highest BCUT2D eigenvalue weighted by atomic mass is 32.2. The van der Waals surface area contributed by atoms with Gasteiger partial charge in [-0.1, -0.05) is 25.1 Å². The average molecular weight is 399 g/mol. The molecule has 146 valence electrons. The average Bonchev–Trinajstić information content (AvgIpc) is 3.11. The third-order valence-electron chi connectivity index (χ3n) is 4.64. The molecule has 1 amide bonds. The predicted octanol–water partition coefficient (Wildman–Crippen LogP) is 1.66. The minimum atomic E-state index is -1.01. The Kier molecular flexibility index (Phi) is 6.77. The minimum Gasteiger partial charge on any atom is -0.460 e. The van der Waals surface area contributed by atoms with Crippen LogP contribution in [0.1, 0.15) is 34.0 Å². The molecule has 1 aliphatic rings. The van der Waals surface area contributed by atoms with E-state index in [0.717, 1.165) is 21.6 Å². The van der Waals surface area contributed by atoms with Crippen molar-refractivity contribution in [3.8, 4) is 0 Å². The van der Waals surface area contributed by atoms with Crippen LogP contribution in [0, 0.1) is 0 Å². The number of esters is 1. The van der Waals surface area contributed by atoms with E-state index in [0.29, 0.717) is 24.1 Å². The lowest BCUT2D eigenvalue weighted by Crippen LogP contribution is -2.36. The number of amides is 1. The van der Waals surface area contributed by atoms with E-state index in [2.05, 4.69) is 5.32 Å². The van der Waals surface area contributed by atoms with Crippen LogP contribution in [0.5, 0.6) is 0 Å². The van der Waals surface area contributed by atoms with E-state index in [1.165, 1.54) is 0 Å². The van der Waals surface area contributed by atoms with Gasteiger partial charge in [0.25, 0.3) is 5.91 Å². The van der Waals surface area contributed by atoms with E-state index >= 15 is 0 Å². The van der Waals surface area contributed by atoms with Gasteiger partial charge in [-0.15, -0.1) is 11.8 Å². The fourth-order valence-corrected chi connectivity index (χ4v) is 3.58. The number of nitrogens with one attached hydrogen (secondary N) is 1. The highest BCUT2D eigenvalue weighted by molar-refractivity contribution is 7.98. The van der Waals surface area contributed by atoms with E-state index in [1.54, 1.807) is 23.9 Å². The Morgan fingerprint density at radius 2 is 2.00 bits per heavy atom. The number of carbonyl (C=O) groups is 2. The van der Waals surface area contributed by atoms with E-state index in [-0.39, 0.29) is 19.1 Å². The van der Waals surface area contributed by atoms with Crippen LogP contribution in [0.3, 0.4) is 0 Å². The minimum absolute atomic E-state index is 0.159. The quantitative estimate of drug-likeness (QED) is 0.419. The van der Waals surface area contributed by atoms with Gasteiger partial charge in [0.1, 0.15) is 13.2 Å². The first-order chi connectivity index (χ1) is 13.5. The van der Waals surface area contributed by atoms with Gasteiger partial charge in [-0.25, -0.2) is 0 Å². The standard InChI is InChI=1S/C20H22BNO5S/c1-3-16-17(9-6-14-12-27-21(25)19(14)16)20(24)22-10-18(23)26-11-13-4-7-15(28-2)8-5-13/h4-9,25H,3,10-12H2,1-2H3,(H,22,24). The van der Waals surface area contributed by atoms with Crippen molar-refractivity contribution in [1.82, 2.24) is 5.32 Å². The molecular weight excluding hydrogens is 377 g/mol. The number of benzene rings is 2. The van der Waals surface area contributed by atoms with Crippen LogP contribution in [0.2, 0.25) is 0 Å². The zero-order valence-electron chi connectivity index (χ0n) is 15.9. The van der Waals surface area contributed by atoms with Gasteiger partial charge < -0.3 is 19.7 Å². The number of carbonyl (C=O) groups excluding carboxylic acids is 2. The first-order valence-electron chi connectivity index (χ1n) is 9.04. The summed E-state index contributed by atoms with van der Waals surface area (Å²) in [5.41, 5.74) is 3.60. The second-order valence-corrected chi connectivity index (χ2v) is 7.25. The smallest absolute Gasteiger partial charge is 0.460 e. The van der Waals surface area contributed by atoms with E-state index in [4.69, 9.17) is 9.39 Å². The number of ether oxygens (including phenoxy) is 1. The Hall–Kier alpha value is -2.29. The summed E-state index contributed by atoms with van der Waals surface area (Å²) in [5.74, 6) is -0.884. The van der Waals surface area contributed by atoms with Crippen molar-refractivity contribution in [2.24, 2.45) is 0 Å². The lowest BCUT2D eigenvalue weighted by atomic mass is 9.74. The molecule has 0 spiro atoms. The zero-order chi connectivity index (χ0) is 20.1. The maximum atomic E-state index is 12.5.